The molecule has 28 heavy (non-hydrogen) atoms. The van der Waals surface area contributed by atoms with E-state index in [0.717, 1.165) is 69.6 Å². The van der Waals surface area contributed by atoms with Gasteiger partial charge >= 0.3 is 0 Å². The van der Waals surface area contributed by atoms with E-state index in [0.29, 0.717) is 0 Å². The molecule has 2 aliphatic heterocycles. The summed E-state index contributed by atoms with van der Waals surface area (Å²) in [5, 5.41) is 5.86. The minimum Gasteiger partial charge on any atom is -0.493 e. The van der Waals surface area contributed by atoms with Gasteiger partial charge in [-0.2, -0.15) is 0 Å². The molecule has 0 aliphatic carbocycles. The normalized spacial score (nSPS) is 14.7. The Hall–Kier alpha value is -3.27. The van der Waals surface area contributed by atoms with Crippen LogP contribution in [0, 0.1) is 6.92 Å². The predicted molar refractivity (Wildman–Crippen MR) is 114 cm³/mol. The smallest absolute Gasteiger partial charge is 0.221 e. The minimum atomic E-state index is -0.317. The fourth-order valence-corrected chi connectivity index (χ4v) is 4.53. The number of primary amides is 1. The number of fused-ring (bicyclic) bond motifs is 1. The first-order valence-corrected chi connectivity index (χ1v) is 9.66. The fourth-order valence-electron chi connectivity index (χ4n) is 4.53. The summed E-state index contributed by atoms with van der Waals surface area (Å²) in [5.41, 5.74) is 13.5. The number of hydrogen-bond acceptors (Lipinski definition) is 3. The van der Waals surface area contributed by atoms with Crippen molar-refractivity contribution in [3.05, 3.63) is 65.2 Å². The lowest BCUT2D eigenvalue weighted by atomic mass is 9.84. The van der Waals surface area contributed by atoms with Crippen LogP contribution < -0.4 is 15.8 Å². The van der Waals surface area contributed by atoms with Crippen LogP contribution in [-0.2, 0) is 11.2 Å². The molecule has 0 saturated heterocycles. The molecular weight excluding hydrogens is 348 g/mol. The molecule has 3 N–H and O–H groups in total. The highest BCUT2D eigenvalue weighted by molar-refractivity contribution is 6.05. The Balaban J connectivity index is 1.87. The Labute approximate surface area is 164 Å². The minimum absolute atomic E-state index is 0.224. The van der Waals surface area contributed by atoms with Gasteiger partial charge in [0, 0.05) is 24.1 Å². The lowest BCUT2D eigenvalue weighted by molar-refractivity contribution is -0.117. The van der Waals surface area contributed by atoms with E-state index in [1.165, 1.54) is 5.57 Å². The van der Waals surface area contributed by atoms with E-state index in [-0.39, 0.29) is 12.3 Å². The molecule has 2 aliphatic rings. The third-order valence-electron chi connectivity index (χ3n) is 5.74. The molecular formula is C24H22N2O2. The summed E-state index contributed by atoms with van der Waals surface area (Å²) in [4.78, 5) is 11.9. The van der Waals surface area contributed by atoms with Crippen LogP contribution in [0.25, 0.3) is 27.5 Å². The van der Waals surface area contributed by atoms with Crippen LogP contribution in [0.5, 0.6) is 5.75 Å². The van der Waals surface area contributed by atoms with Crippen molar-refractivity contribution in [1.82, 2.24) is 0 Å². The maximum absolute atomic E-state index is 11.9. The second-order valence-corrected chi connectivity index (χ2v) is 7.48. The van der Waals surface area contributed by atoms with Gasteiger partial charge in [0.15, 0.2) is 0 Å². The first-order valence-electron chi connectivity index (χ1n) is 9.66. The number of ether oxygens (including phenoxy) is 1. The summed E-state index contributed by atoms with van der Waals surface area (Å²) in [6, 6.07) is 14.6. The van der Waals surface area contributed by atoms with Crippen LogP contribution in [0.4, 0.5) is 5.69 Å². The van der Waals surface area contributed by atoms with Crippen molar-refractivity contribution in [3.8, 4) is 16.9 Å². The van der Waals surface area contributed by atoms with E-state index >= 15 is 0 Å². The molecule has 0 aromatic heterocycles. The number of amides is 1. The molecule has 140 valence electrons. The summed E-state index contributed by atoms with van der Waals surface area (Å²) >= 11 is 0. The molecule has 3 aromatic rings. The molecule has 0 radical (unpaired) electrons. The molecule has 0 saturated carbocycles. The van der Waals surface area contributed by atoms with Crippen LogP contribution >= 0.6 is 0 Å². The standard InChI is InChI=1S/C24H22N2O2/c1-14-12-16-4-2-3-5-17(16)23(19(14)13-21(25)27)18-6-7-20-22-15(9-11-28-20)8-10-26-24(18)22/h2-8,12,26H,9-11,13H2,1H3,(H2,25,27). The maximum atomic E-state index is 11.9. The second kappa shape index (κ2) is 6.41. The molecule has 5 rings (SSSR count). The summed E-state index contributed by atoms with van der Waals surface area (Å²) in [6.07, 6.45) is 3.40. The second-order valence-electron chi connectivity index (χ2n) is 7.48. The van der Waals surface area contributed by atoms with E-state index < -0.39 is 0 Å². The topological polar surface area (TPSA) is 64.3 Å². The van der Waals surface area contributed by atoms with Gasteiger partial charge in [-0.15, -0.1) is 0 Å². The third-order valence-corrected chi connectivity index (χ3v) is 5.74. The van der Waals surface area contributed by atoms with Crippen LogP contribution in [0.15, 0.2) is 48.5 Å². The monoisotopic (exact) mass is 370 g/mol. The first-order chi connectivity index (χ1) is 13.6. The number of aryl methyl sites for hydroxylation is 1. The molecule has 0 atom stereocenters. The largest absolute Gasteiger partial charge is 0.493 e. The van der Waals surface area contributed by atoms with Gasteiger partial charge in [0.25, 0.3) is 0 Å². The number of rotatable bonds is 3. The molecule has 0 bridgehead atoms. The maximum Gasteiger partial charge on any atom is 0.221 e. The highest BCUT2D eigenvalue weighted by atomic mass is 16.5. The molecule has 3 aromatic carbocycles. The van der Waals surface area contributed by atoms with Crippen LogP contribution in [0.2, 0.25) is 0 Å². The fraction of sp³-hybridized carbons (Fsp3) is 0.208. The molecule has 2 heterocycles. The Morgan fingerprint density at radius 1 is 1.18 bits per heavy atom. The van der Waals surface area contributed by atoms with Crippen molar-refractivity contribution < 1.29 is 9.53 Å². The summed E-state index contributed by atoms with van der Waals surface area (Å²) < 4.78 is 5.91. The van der Waals surface area contributed by atoms with Gasteiger partial charge in [-0.05, 0) is 52.1 Å². The van der Waals surface area contributed by atoms with Gasteiger partial charge in [-0.3, -0.25) is 4.79 Å². The van der Waals surface area contributed by atoms with Crippen molar-refractivity contribution in [3.63, 3.8) is 0 Å². The number of carbonyl (C=O) groups excluding carboxylic acids is 1. The van der Waals surface area contributed by atoms with Gasteiger partial charge < -0.3 is 15.8 Å². The number of anilines is 1. The van der Waals surface area contributed by atoms with Crippen molar-refractivity contribution in [1.29, 1.82) is 0 Å². The Bertz CT molecular complexity index is 1160. The quantitative estimate of drug-likeness (QED) is 0.717. The highest BCUT2D eigenvalue weighted by Gasteiger charge is 2.26. The summed E-state index contributed by atoms with van der Waals surface area (Å²) in [6.45, 7) is 3.58. The molecule has 4 nitrogen and oxygen atoms in total. The predicted octanol–water partition coefficient (Wildman–Crippen LogP) is 4.43. The molecule has 0 fully saturated rings. The lowest BCUT2D eigenvalue weighted by Gasteiger charge is -2.29. The van der Waals surface area contributed by atoms with Gasteiger partial charge in [0.1, 0.15) is 5.75 Å². The zero-order chi connectivity index (χ0) is 19.3. The van der Waals surface area contributed by atoms with Crippen molar-refractivity contribution >= 4 is 27.9 Å². The number of hydrogen-bond donors (Lipinski definition) is 2. The first kappa shape index (κ1) is 16.9. The Morgan fingerprint density at radius 2 is 2.04 bits per heavy atom. The summed E-state index contributed by atoms with van der Waals surface area (Å²) in [7, 11) is 0. The SMILES string of the molecule is Cc1cc2ccccc2c(-c2ccc3c4c2NCC=C4CCO3)c1CC(N)=O. The van der Waals surface area contributed by atoms with Gasteiger partial charge in [-0.1, -0.05) is 36.4 Å². The lowest BCUT2D eigenvalue weighted by Crippen LogP contribution is -2.18. The number of nitrogens with one attached hydrogen (secondary N) is 1. The van der Waals surface area contributed by atoms with E-state index in [4.69, 9.17) is 10.5 Å². The number of nitrogens with two attached hydrogens (primary N) is 1. The van der Waals surface area contributed by atoms with Gasteiger partial charge in [-0.25, -0.2) is 0 Å². The van der Waals surface area contributed by atoms with Gasteiger partial charge in [0.2, 0.25) is 5.91 Å². The van der Waals surface area contributed by atoms with Crippen molar-refractivity contribution in [2.75, 3.05) is 18.5 Å². The molecule has 0 spiro atoms. The van der Waals surface area contributed by atoms with E-state index in [1.807, 2.05) is 12.1 Å². The number of carbonyl (C=O) groups is 1. The van der Waals surface area contributed by atoms with Crippen LogP contribution in [0.3, 0.4) is 0 Å². The Morgan fingerprint density at radius 3 is 2.89 bits per heavy atom. The molecule has 1 amide bonds. The average molecular weight is 370 g/mol. The van der Waals surface area contributed by atoms with Crippen molar-refractivity contribution in [2.45, 2.75) is 19.8 Å². The van der Waals surface area contributed by atoms with Crippen LogP contribution in [-0.4, -0.2) is 19.1 Å². The highest BCUT2D eigenvalue weighted by Crippen LogP contribution is 2.47. The molecule has 4 heteroatoms. The van der Waals surface area contributed by atoms with Crippen LogP contribution in [0.1, 0.15) is 23.1 Å². The van der Waals surface area contributed by atoms with E-state index in [9.17, 15) is 4.79 Å². The zero-order valence-corrected chi connectivity index (χ0v) is 15.8. The molecule has 0 unspecified atom stereocenters. The van der Waals surface area contributed by atoms with E-state index in [2.05, 4.69) is 48.6 Å². The van der Waals surface area contributed by atoms with E-state index in [1.54, 1.807) is 0 Å². The zero-order valence-electron chi connectivity index (χ0n) is 15.8. The summed E-state index contributed by atoms with van der Waals surface area (Å²) in [5.74, 6) is 0.611. The van der Waals surface area contributed by atoms with Gasteiger partial charge in [0.05, 0.1) is 18.7 Å². The Kier molecular flexibility index (Phi) is 3.86. The average Bonchev–Trinajstić information content (AvgIpc) is 2.70. The van der Waals surface area contributed by atoms with Crippen molar-refractivity contribution in [2.24, 2.45) is 5.73 Å². The number of benzene rings is 3. The third kappa shape index (κ3) is 2.56.